The Hall–Kier alpha value is -0.340. The van der Waals surface area contributed by atoms with E-state index in [4.69, 9.17) is 0 Å². The molecule has 2 heteroatoms. The molecule has 0 aromatic heterocycles. The minimum absolute atomic E-state index is 0.117. The summed E-state index contributed by atoms with van der Waals surface area (Å²) in [7, 11) is 0. The van der Waals surface area contributed by atoms with Crippen LogP contribution in [0.3, 0.4) is 0 Å². The van der Waals surface area contributed by atoms with Gasteiger partial charge in [-0.1, -0.05) is 60.1 Å². The van der Waals surface area contributed by atoms with Gasteiger partial charge in [0.05, 0.1) is 12.7 Å². The van der Waals surface area contributed by atoms with Crippen molar-refractivity contribution in [2.75, 3.05) is 6.61 Å². The highest BCUT2D eigenvalue weighted by molar-refractivity contribution is 5.33. The van der Waals surface area contributed by atoms with Crippen molar-refractivity contribution in [1.29, 1.82) is 0 Å². The largest absolute Gasteiger partial charge is 0.396 e. The second kappa shape index (κ2) is 7.09. The highest BCUT2D eigenvalue weighted by Crippen LogP contribution is 2.75. The van der Waals surface area contributed by atoms with Crippen molar-refractivity contribution in [2.45, 2.75) is 112 Å². The first kappa shape index (κ1) is 23.4. The Bertz CT molecular complexity index is 803. The Kier molecular flexibility index (Phi) is 5.19. The Labute approximate surface area is 197 Å². The molecule has 11 atom stereocenters. The van der Waals surface area contributed by atoms with Gasteiger partial charge in [-0.25, -0.2) is 0 Å². The Morgan fingerprint density at radius 2 is 1.59 bits per heavy atom. The molecule has 0 aromatic carbocycles. The number of hydrogen-bond donors (Lipinski definition) is 2. The summed E-state index contributed by atoms with van der Waals surface area (Å²) in [6, 6.07) is 0. The van der Waals surface area contributed by atoms with Crippen molar-refractivity contribution < 1.29 is 10.2 Å². The quantitative estimate of drug-likeness (QED) is 0.429. The average Bonchev–Trinajstić information content (AvgIpc) is 2.75. The smallest absolute Gasteiger partial charge is 0.0618 e. The van der Waals surface area contributed by atoms with E-state index in [0.717, 1.165) is 37.0 Å². The summed E-state index contributed by atoms with van der Waals surface area (Å²) < 4.78 is 0. The van der Waals surface area contributed by atoms with Crippen LogP contribution in [0.2, 0.25) is 0 Å². The van der Waals surface area contributed by atoms with Crippen molar-refractivity contribution in [3.05, 3.63) is 11.6 Å². The van der Waals surface area contributed by atoms with Gasteiger partial charge in [0, 0.05) is 5.41 Å². The summed E-state index contributed by atoms with van der Waals surface area (Å²) in [5.74, 6) is 3.45. The van der Waals surface area contributed by atoms with E-state index in [-0.39, 0.29) is 23.5 Å². The molecule has 0 radical (unpaired) electrons. The number of aliphatic hydroxyl groups is 2. The Balaban J connectivity index is 1.59. The predicted octanol–water partition coefficient (Wildman–Crippen LogP) is 7.00. The zero-order chi connectivity index (χ0) is 23.3. The normalized spacial score (nSPS) is 59.8. The maximum atomic E-state index is 10.9. The van der Waals surface area contributed by atoms with Crippen LogP contribution in [0.15, 0.2) is 11.6 Å². The zero-order valence-electron chi connectivity index (χ0n) is 22.0. The molecule has 5 aliphatic carbocycles. The number of fused-ring (bicyclic) bond motifs is 7. The first-order valence-corrected chi connectivity index (χ1v) is 13.9. The lowest BCUT2D eigenvalue weighted by atomic mass is 9.33. The summed E-state index contributed by atoms with van der Waals surface area (Å²) >= 11 is 0. The number of aliphatic hydroxyl groups excluding tert-OH is 2. The van der Waals surface area contributed by atoms with Crippen LogP contribution in [0.4, 0.5) is 0 Å². The predicted molar refractivity (Wildman–Crippen MR) is 132 cm³/mol. The van der Waals surface area contributed by atoms with Gasteiger partial charge in [-0.3, -0.25) is 0 Å². The molecule has 2 N–H and O–H groups in total. The second-order valence-corrected chi connectivity index (χ2v) is 14.5. The van der Waals surface area contributed by atoms with Crippen molar-refractivity contribution >= 4 is 0 Å². The molecule has 0 aromatic rings. The van der Waals surface area contributed by atoms with E-state index in [2.05, 4.69) is 54.5 Å². The molecule has 0 bridgehead atoms. The van der Waals surface area contributed by atoms with E-state index in [0.29, 0.717) is 28.1 Å². The van der Waals surface area contributed by atoms with Gasteiger partial charge in [0.15, 0.2) is 0 Å². The molecule has 0 saturated heterocycles. The van der Waals surface area contributed by atoms with Crippen LogP contribution in [0.1, 0.15) is 106 Å². The molecule has 5 aliphatic rings. The van der Waals surface area contributed by atoms with Crippen LogP contribution < -0.4 is 0 Å². The third-order valence-electron chi connectivity index (χ3n) is 13.5. The van der Waals surface area contributed by atoms with Gasteiger partial charge in [-0.2, -0.15) is 0 Å². The number of rotatable bonds is 1. The monoisotopic (exact) mass is 442 g/mol. The number of allylic oxidation sites excluding steroid dienone is 2. The first-order valence-electron chi connectivity index (χ1n) is 13.9. The minimum atomic E-state index is -0.361. The molecule has 2 unspecified atom stereocenters. The SMILES string of the molecule is C[C@H]1[C@H](C)CC[C@]2(C)CC[C@]3(C)C(=CCC4[C@@]5(C)CC[C@@H](O)[C@](C)(CO)C5CC[C@]43C)[C@H]12. The van der Waals surface area contributed by atoms with Crippen molar-refractivity contribution in [2.24, 2.45) is 56.7 Å². The number of hydrogen-bond acceptors (Lipinski definition) is 2. The lowest BCUT2D eigenvalue weighted by Gasteiger charge is -2.71. The summed E-state index contributed by atoms with van der Waals surface area (Å²) in [5, 5.41) is 21.3. The van der Waals surface area contributed by atoms with E-state index >= 15 is 0 Å². The van der Waals surface area contributed by atoms with Crippen LogP contribution in [-0.4, -0.2) is 22.9 Å². The van der Waals surface area contributed by atoms with Crippen LogP contribution in [0, 0.1) is 56.7 Å². The van der Waals surface area contributed by atoms with Crippen molar-refractivity contribution in [3.63, 3.8) is 0 Å². The fourth-order valence-electron chi connectivity index (χ4n) is 10.9. The van der Waals surface area contributed by atoms with Crippen molar-refractivity contribution in [1.82, 2.24) is 0 Å². The summed E-state index contributed by atoms with van der Waals surface area (Å²) in [6.07, 6.45) is 13.5. The molecule has 2 nitrogen and oxygen atoms in total. The van der Waals surface area contributed by atoms with Gasteiger partial charge in [-0.05, 0) is 109 Å². The highest BCUT2D eigenvalue weighted by atomic mass is 16.3. The third kappa shape index (κ3) is 2.66. The van der Waals surface area contributed by atoms with Gasteiger partial charge in [-0.15, -0.1) is 0 Å². The minimum Gasteiger partial charge on any atom is -0.396 e. The molecule has 182 valence electrons. The standard InChI is InChI=1S/C30H50O2/c1-19-10-13-26(3)16-17-29(6)21(25(26)20(19)2)8-9-23-27(4)14-12-24(32)28(5,18-31)22(27)11-15-30(23,29)7/h8,19-20,22-25,31-32H,9-18H2,1-7H3/t19-,20+,22?,23?,24-,25+,26-,27+,28-,29-,30-/m1/s1. The van der Waals surface area contributed by atoms with Crippen LogP contribution >= 0.6 is 0 Å². The summed E-state index contributed by atoms with van der Waals surface area (Å²) in [4.78, 5) is 0. The average molecular weight is 443 g/mol. The molecule has 0 aliphatic heterocycles. The van der Waals surface area contributed by atoms with Gasteiger partial charge < -0.3 is 10.2 Å². The molecule has 32 heavy (non-hydrogen) atoms. The van der Waals surface area contributed by atoms with E-state index < -0.39 is 0 Å². The van der Waals surface area contributed by atoms with Gasteiger partial charge >= 0.3 is 0 Å². The zero-order valence-corrected chi connectivity index (χ0v) is 22.0. The van der Waals surface area contributed by atoms with Crippen molar-refractivity contribution in [3.8, 4) is 0 Å². The maximum absolute atomic E-state index is 10.9. The molecule has 4 saturated carbocycles. The molecular formula is C30H50O2. The highest BCUT2D eigenvalue weighted by Gasteiger charge is 2.68. The van der Waals surface area contributed by atoms with Gasteiger partial charge in [0.2, 0.25) is 0 Å². The molecule has 0 heterocycles. The molecule has 0 amide bonds. The van der Waals surface area contributed by atoms with E-state index in [1.54, 1.807) is 0 Å². The second-order valence-electron chi connectivity index (χ2n) is 14.5. The topological polar surface area (TPSA) is 40.5 Å². The Morgan fingerprint density at radius 1 is 0.875 bits per heavy atom. The van der Waals surface area contributed by atoms with Crippen LogP contribution in [0.25, 0.3) is 0 Å². The summed E-state index contributed by atoms with van der Waals surface area (Å²) in [5.41, 5.74) is 2.81. The lowest BCUT2D eigenvalue weighted by Crippen LogP contribution is -2.65. The van der Waals surface area contributed by atoms with E-state index in [9.17, 15) is 10.2 Å². The van der Waals surface area contributed by atoms with Crippen LogP contribution in [-0.2, 0) is 0 Å². The maximum Gasteiger partial charge on any atom is 0.0618 e. The third-order valence-corrected chi connectivity index (χ3v) is 13.5. The fourth-order valence-corrected chi connectivity index (χ4v) is 10.9. The lowest BCUT2D eigenvalue weighted by molar-refractivity contribution is -0.215. The first-order chi connectivity index (χ1) is 14.9. The van der Waals surface area contributed by atoms with E-state index in [1.807, 2.05) is 5.57 Å². The van der Waals surface area contributed by atoms with Gasteiger partial charge in [0.25, 0.3) is 0 Å². The fraction of sp³-hybridized carbons (Fsp3) is 0.933. The van der Waals surface area contributed by atoms with E-state index in [1.165, 1.54) is 38.5 Å². The molecule has 0 spiro atoms. The molecular weight excluding hydrogens is 392 g/mol. The summed E-state index contributed by atoms with van der Waals surface area (Å²) in [6.45, 7) is 17.8. The van der Waals surface area contributed by atoms with Gasteiger partial charge in [0.1, 0.15) is 0 Å². The molecule has 4 fully saturated rings. The molecule has 5 rings (SSSR count). The Morgan fingerprint density at radius 3 is 2.28 bits per heavy atom. The van der Waals surface area contributed by atoms with Crippen LogP contribution in [0.5, 0.6) is 0 Å².